The zero-order chi connectivity index (χ0) is 18.4. The number of carbonyl (C=O) groups is 1. The summed E-state index contributed by atoms with van der Waals surface area (Å²) in [6.45, 7) is 0. The Bertz CT molecular complexity index is 824. The van der Waals surface area contributed by atoms with E-state index in [1.165, 1.54) is 0 Å². The third-order valence-electron chi connectivity index (χ3n) is 4.08. The monoisotopic (exact) mass is 347 g/mol. The van der Waals surface area contributed by atoms with Crippen molar-refractivity contribution in [1.82, 2.24) is 0 Å². The Morgan fingerprint density at radius 3 is 1.81 bits per heavy atom. The SMILES string of the molecule is COc1ccc(CC(=O)N(c2ccccc2)c2ccccc2)cc1OC. The van der Waals surface area contributed by atoms with Crippen molar-refractivity contribution in [3.8, 4) is 11.5 Å². The average Bonchev–Trinajstić information content (AvgIpc) is 2.69. The molecule has 0 unspecified atom stereocenters. The molecule has 3 rings (SSSR count). The molecule has 0 aliphatic heterocycles. The van der Waals surface area contributed by atoms with E-state index in [9.17, 15) is 4.79 Å². The van der Waals surface area contributed by atoms with Crippen LogP contribution in [0.25, 0.3) is 0 Å². The van der Waals surface area contributed by atoms with Crippen LogP contribution in [0.1, 0.15) is 5.56 Å². The standard InChI is InChI=1S/C22H21NO3/c1-25-20-14-13-17(15-21(20)26-2)16-22(24)23(18-9-5-3-6-10-18)19-11-7-4-8-12-19/h3-15H,16H2,1-2H3. The van der Waals surface area contributed by atoms with Crippen molar-refractivity contribution < 1.29 is 14.3 Å². The van der Waals surface area contributed by atoms with E-state index in [4.69, 9.17) is 9.47 Å². The smallest absolute Gasteiger partial charge is 0.235 e. The van der Waals surface area contributed by atoms with Gasteiger partial charge in [-0.25, -0.2) is 0 Å². The molecule has 0 saturated carbocycles. The summed E-state index contributed by atoms with van der Waals surface area (Å²) in [5, 5.41) is 0. The molecule has 0 atom stereocenters. The first-order valence-electron chi connectivity index (χ1n) is 8.37. The highest BCUT2D eigenvalue weighted by molar-refractivity contribution is 6.01. The van der Waals surface area contributed by atoms with Gasteiger partial charge in [-0.1, -0.05) is 42.5 Å². The second kappa shape index (κ2) is 8.21. The molecule has 0 spiro atoms. The van der Waals surface area contributed by atoms with Gasteiger partial charge in [-0.3, -0.25) is 9.69 Å². The van der Waals surface area contributed by atoms with Crippen molar-refractivity contribution in [3.63, 3.8) is 0 Å². The first-order chi connectivity index (χ1) is 12.7. The molecule has 0 bridgehead atoms. The predicted octanol–water partition coefficient (Wildman–Crippen LogP) is 4.61. The molecule has 3 aromatic carbocycles. The van der Waals surface area contributed by atoms with Crippen LogP contribution in [0.3, 0.4) is 0 Å². The fraction of sp³-hybridized carbons (Fsp3) is 0.136. The van der Waals surface area contributed by atoms with Crippen molar-refractivity contribution >= 4 is 17.3 Å². The van der Waals surface area contributed by atoms with Crippen LogP contribution in [0.15, 0.2) is 78.9 Å². The van der Waals surface area contributed by atoms with Crippen LogP contribution in [-0.2, 0) is 11.2 Å². The Labute approximate surface area is 153 Å². The quantitative estimate of drug-likeness (QED) is 0.653. The number of hydrogen-bond donors (Lipinski definition) is 0. The summed E-state index contributed by atoms with van der Waals surface area (Å²) < 4.78 is 10.6. The van der Waals surface area contributed by atoms with Crippen LogP contribution in [0.5, 0.6) is 11.5 Å². The molecule has 0 N–H and O–H groups in total. The Balaban J connectivity index is 1.92. The van der Waals surface area contributed by atoms with Gasteiger partial charge in [0.25, 0.3) is 0 Å². The number of carbonyl (C=O) groups excluding carboxylic acids is 1. The first kappa shape index (κ1) is 17.5. The summed E-state index contributed by atoms with van der Waals surface area (Å²) in [4.78, 5) is 14.9. The molecule has 4 heteroatoms. The minimum Gasteiger partial charge on any atom is -0.493 e. The number of hydrogen-bond acceptors (Lipinski definition) is 3. The third kappa shape index (κ3) is 3.86. The first-order valence-corrected chi connectivity index (χ1v) is 8.37. The number of amides is 1. The maximum absolute atomic E-state index is 13.1. The summed E-state index contributed by atoms with van der Waals surface area (Å²) in [6, 6.07) is 24.8. The summed E-state index contributed by atoms with van der Waals surface area (Å²) in [6.07, 6.45) is 0.254. The molecule has 132 valence electrons. The number of anilines is 2. The molecular weight excluding hydrogens is 326 g/mol. The molecule has 26 heavy (non-hydrogen) atoms. The van der Waals surface area contributed by atoms with E-state index in [0.717, 1.165) is 16.9 Å². The number of rotatable bonds is 6. The lowest BCUT2D eigenvalue weighted by Crippen LogP contribution is -2.27. The third-order valence-corrected chi connectivity index (χ3v) is 4.08. The molecule has 0 aromatic heterocycles. The Kier molecular flexibility index (Phi) is 5.54. The van der Waals surface area contributed by atoms with Crippen LogP contribution in [0.2, 0.25) is 0 Å². The van der Waals surface area contributed by atoms with Gasteiger partial charge in [-0.2, -0.15) is 0 Å². The van der Waals surface area contributed by atoms with E-state index >= 15 is 0 Å². The van der Waals surface area contributed by atoms with Crippen LogP contribution in [0, 0.1) is 0 Å². The van der Waals surface area contributed by atoms with Gasteiger partial charge in [-0.05, 0) is 42.0 Å². The summed E-state index contributed by atoms with van der Waals surface area (Å²) in [5.41, 5.74) is 2.54. The van der Waals surface area contributed by atoms with Gasteiger partial charge in [0.2, 0.25) is 5.91 Å². The van der Waals surface area contributed by atoms with Crippen molar-refractivity contribution in [1.29, 1.82) is 0 Å². The molecule has 0 aliphatic rings. The number of para-hydroxylation sites is 2. The van der Waals surface area contributed by atoms with Gasteiger partial charge in [0, 0.05) is 11.4 Å². The highest BCUT2D eigenvalue weighted by atomic mass is 16.5. The van der Waals surface area contributed by atoms with E-state index in [0.29, 0.717) is 11.5 Å². The second-order valence-corrected chi connectivity index (χ2v) is 5.77. The molecule has 0 fully saturated rings. The van der Waals surface area contributed by atoms with Gasteiger partial charge in [0.05, 0.1) is 20.6 Å². The van der Waals surface area contributed by atoms with Crippen molar-refractivity contribution in [2.75, 3.05) is 19.1 Å². The highest BCUT2D eigenvalue weighted by Crippen LogP contribution is 2.30. The van der Waals surface area contributed by atoms with Gasteiger partial charge < -0.3 is 9.47 Å². The normalized spacial score (nSPS) is 10.2. The lowest BCUT2D eigenvalue weighted by Gasteiger charge is -2.23. The largest absolute Gasteiger partial charge is 0.493 e. The lowest BCUT2D eigenvalue weighted by molar-refractivity contribution is -0.117. The number of nitrogens with zero attached hydrogens (tertiary/aromatic N) is 1. The fourth-order valence-electron chi connectivity index (χ4n) is 2.84. The zero-order valence-electron chi connectivity index (χ0n) is 14.9. The average molecular weight is 347 g/mol. The summed E-state index contributed by atoms with van der Waals surface area (Å²) in [7, 11) is 3.18. The van der Waals surface area contributed by atoms with Crippen molar-refractivity contribution in [3.05, 3.63) is 84.4 Å². The fourth-order valence-corrected chi connectivity index (χ4v) is 2.84. The molecule has 1 amide bonds. The second-order valence-electron chi connectivity index (χ2n) is 5.77. The number of benzene rings is 3. The van der Waals surface area contributed by atoms with E-state index in [1.54, 1.807) is 19.1 Å². The minimum atomic E-state index is -0.0189. The molecule has 0 heterocycles. The maximum atomic E-state index is 13.1. The Hall–Kier alpha value is -3.27. The number of methoxy groups -OCH3 is 2. The molecule has 4 nitrogen and oxygen atoms in total. The van der Waals surface area contributed by atoms with Gasteiger partial charge in [0.1, 0.15) is 0 Å². The van der Waals surface area contributed by atoms with Crippen LogP contribution >= 0.6 is 0 Å². The summed E-state index contributed by atoms with van der Waals surface area (Å²) >= 11 is 0. The zero-order valence-corrected chi connectivity index (χ0v) is 14.9. The molecular formula is C22H21NO3. The van der Waals surface area contributed by atoms with E-state index in [-0.39, 0.29) is 12.3 Å². The van der Waals surface area contributed by atoms with Gasteiger partial charge in [-0.15, -0.1) is 0 Å². The Morgan fingerprint density at radius 1 is 0.769 bits per heavy atom. The number of ether oxygens (including phenoxy) is 2. The van der Waals surface area contributed by atoms with Crippen LogP contribution < -0.4 is 14.4 Å². The van der Waals surface area contributed by atoms with E-state index in [1.807, 2.05) is 78.9 Å². The molecule has 0 radical (unpaired) electrons. The minimum absolute atomic E-state index is 0.0189. The van der Waals surface area contributed by atoms with E-state index < -0.39 is 0 Å². The summed E-state index contributed by atoms with van der Waals surface area (Å²) in [5.74, 6) is 1.24. The topological polar surface area (TPSA) is 38.8 Å². The van der Waals surface area contributed by atoms with Crippen molar-refractivity contribution in [2.45, 2.75) is 6.42 Å². The maximum Gasteiger partial charge on any atom is 0.235 e. The molecule has 0 saturated heterocycles. The Morgan fingerprint density at radius 2 is 1.31 bits per heavy atom. The van der Waals surface area contributed by atoms with Crippen LogP contribution in [0.4, 0.5) is 11.4 Å². The molecule has 3 aromatic rings. The van der Waals surface area contributed by atoms with Crippen molar-refractivity contribution in [2.24, 2.45) is 0 Å². The lowest BCUT2D eigenvalue weighted by atomic mass is 10.1. The van der Waals surface area contributed by atoms with Crippen LogP contribution in [-0.4, -0.2) is 20.1 Å². The van der Waals surface area contributed by atoms with Gasteiger partial charge >= 0.3 is 0 Å². The predicted molar refractivity (Wildman–Crippen MR) is 103 cm³/mol. The van der Waals surface area contributed by atoms with E-state index in [2.05, 4.69) is 0 Å². The highest BCUT2D eigenvalue weighted by Gasteiger charge is 2.18. The molecule has 0 aliphatic carbocycles. The van der Waals surface area contributed by atoms with Gasteiger partial charge in [0.15, 0.2) is 11.5 Å².